The third kappa shape index (κ3) is 8.01. The zero-order valence-electron chi connectivity index (χ0n) is 17.1. The molecular weight excluding hydrogens is 324 g/mol. The zero-order chi connectivity index (χ0) is 19.9. The normalized spacial score (nSPS) is 12.3. The minimum atomic E-state index is 0.639. The second-order valence-corrected chi connectivity index (χ2v) is 5.45. The SMILES string of the molecule is C/C=C\N=C(C)c1nc(C)c(CC)c(NC(/C=C\C)=C/C)n1.CCC=O. The van der Waals surface area contributed by atoms with Crippen molar-refractivity contribution >= 4 is 17.8 Å². The molecule has 0 amide bonds. The van der Waals surface area contributed by atoms with E-state index in [1.54, 1.807) is 6.20 Å². The number of aryl methyl sites for hydroxylation is 1. The molecule has 1 aromatic heterocycles. The Labute approximate surface area is 158 Å². The molecule has 0 radical (unpaired) electrons. The second kappa shape index (κ2) is 13.7. The molecule has 1 heterocycles. The van der Waals surface area contributed by atoms with Crippen LogP contribution in [0.2, 0.25) is 0 Å². The van der Waals surface area contributed by atoms with E-state index in [0.29, 0.717) is 12.2 Å². The molecule has 142 valence electrons. The molecule has 0 saturated carbocycles. The number of rotatable bonds is 7. The van der Waals surface area contributed by atoms with Crippen LogP contribution in [0.25, 0.3) is 0 Å². The van der Waals surface area contributed by atoms with Gasteiger partial charge < -0.3 is 10.1 Å². The van der Waals surface area contributed by atoms with Crippen molar-refractivity contribution < 1.29 is 4.79 Å². The van der Waals surface area contributed by atoms with E-state index >= 15 is 0 Å². The molecule has 0 aliphatic carbocycles. The van der Waals surface area contributed by atoms with Gasteiger partial charge in [0, 0.05) is 29.6 Å². The number of nitrogens with one attached hydrogen (secondary N) is 1. The highest BCUT2D eigenvalue weighted by Gasteiger charge is 2.12. The molecule has 0 unspecified atom stereocenters. The molecule has 0 spiro atoms. The molecule has 0 aliphatic rings. The summed E-state index contributed by atoms with van der Waals surface area (Å²) < 4.78 is 0. The van der Waals surface area contributed by atoms with Crippen molar-refractivity contribution in [2.24, 2.45) is 4.99 Å². The smallest absolute Gasteiger partial charge is 0.175 e. The van der Waals surface area contributed by atoms with E-state index in [1.165, 1.54) is 0 Å². The lowest BCUT2D eigenvalue weighted by Crippen LogP contribution is -2.12. The summed E-state index contributed by atoms with van der Waals surface area (Å²) in [4.78, 5) is 22.8. The number of carbonyl (C=O) groups is 1. The third-order valence-corrected chi connectivity index (χ3v) is 3.39. The molecule has 0 atom stereocenters. The van der Waals surface area contributed by atoms with Gasteiger partial charge in [-0.15, -0.1) is 0 Å². The first-order valence-electron chi connectivity index (χ1n) is 9.01. The van der Waals surface area contributed by atoms with E-state index in [-0.39, 0.29) is 0 Å². The molecule has 0 fully saturated rings. The Morgan fingerprint density at radius 3 is 2.27 bits per heavy atom. The van der Waals surface area contributed by atoms with Gasteiger partial charge in [-0.25, -0.2) is 9.97 Å². The van der Waals surface area contributed by atoms with Crippen molar-refractivity contribution in [2.45, 2.75) is 61.3 Å². The Bertz CT molecular complexity index is 685. The van der Waals surface area contributed by atoms with Crippen LogP contribution in [-0.2, 0) is 11.2 Å². The van der Waals surface area contributed by atoms with E-state index in [4.69, 9.17) is 0 Å². The van der Waals surface area contributed by atoms with Crippen molar-refractivity contribution in [1.29, 1.82) is 0 Å². The predicted octanol–water partition coefficient (Wildman–Crippen LogP) is 5.18. The number of aromatic nitrogens is 2. The van der Waals surface area contributed by atoms with Gasteiger partial charge in [0.05, 0.1) is 5.71 Å². The Balaban J connectivity index is 0.00000141. The van der Waals surface area contributed by atoms with Crippen LogP contribution in [-0.4, -0.2) is 22.0 Å². The Kier molecular flexibility index (Phi) is 12.4. The minimum Gasteiger partial charge on any atom is -0.340 e. The fourth-order valence-electron chi connectivity index (χ4n) is 2.05. The Hall–Kier alpha value is -2.56. The Morgan fingerprint density at radius 2 is 1.81 bits per heavy atom. The number of carbonyl (C=O) groups excluding carboxylic acids is 1. The van der Waals surface area contributed by atoms with Gasteiger partial charge in [0.1, 0.15) is 12.1 Å². The molecular formula is C21H32N4O. The summed E-state index contributed by atoms with van der Waals surface area (Å²) in [7, 11) is 0. The summed E-state index contributed by atoms with van der Waals surface area (Å²) in [6.07, 6.45) is 12.1. The molecule has 0 saturated heterocycles. The van der Waals surface area contributed by atoms with Crippen LogP contribution in [0.1, 0.15) is 65.0 Å². The lowest BCUT2D eigenvalue weighted by atomic mass is 10.1. The summed E-state index contributed by atoms with van der Waals surface area (Å²) in [5.74, 6) is 1.51. The van der Waals surface area contributed by atoms with Gasteiger partial charge in [0.25, 0.3) is 0 Å². The lowest BCUT2D eigenvalue weighted by Gasteiger charge is -2.14. The van der Waals surface area contributed by atoms with Gasteiger partial charge in [-0.3, -0.25) is 4.99 Å². The van der Waals surface area contributed by atoms with Gasteiger partial charge in [-0.2, -0.15) is 0 Å². The lowest BCUT2D eigenvalue weighted by molar-refractivity contribution is -0.107. The molecule has 0 aliphatic heterocycles. The number of allylic oxidation sites excluding steroid dienone is 4. The maximum atomic E-state index is 9.17. The number of anilines is 1. The molecule has 1 rings (SSSR count). The van der Waals surface area contributed by atoms with E-state index in [1.807, 2.05) is 65.8 Å². The van der Waals surface area contributed by atoms with Gasteiger partial charge >= 0.3 is 0 Å². The largest absolute Gasteiger partial charge is 0.340 e. The van der Waals surface area contributed by atoms with Crippen molar-refractivity contribution in [2.75, 3.05) is 5.32 Å². The number of hydrogen-bond donors (Lipinski definition) is 1. The first-order chi connectivity index (χ1) is 12.5. The summed E-state index contributed by atoms with van der Waals surface area (Å²) in [5.41, 5.74) is 3.94. The molecule has 1 aromatic rings. The minimum absolute atomic E-state index is 0.639. The van der Waals surface area contributed by atoms with Crippen LogP contribution < -0.4 is 5.32 Å². The number of aldehydes is 1. The van der Waals surface area contributed by atoms with Crippen LogP contribution in [0.3, 0.4) is 0 Å². The highest BCUT2D eigenvalue weighted by Crippen LogP contribution is 2.19. The topological polar surface area (TPSA) is 67.2 Å². The zero-order valence-corrected chi connectivity index (χ0v) is 17.1. The number of hydrogen-bond acceptors (Lipinski definition) is 5. The van der Waals surface area contributed by atoms with E-state index in [9.17, 15) is 4.79 Å². The fraction of sp³-hybridized carbons (Fsp3) is 0.429. The summed E-state index contributed by atoms with van der Waals surface area (Å²) in [6, 6.07) is 0. The average Bonchev–Trinajstić information content (AvgIpc) is 2.65. The maximum Gasteiger partial charge on any atom is 0.175 e. The van der Waals surface area contributed by atoms with Gasteiger partial charge in [0.2, 0.25) is 0 Å². The van der Waals surface area contributed by atoms with Crippen LogP contribution >= 0.6 is 0 Å². The monoisotopic (exact) mass is 356 g/mol. The fourth-order valence-corrected chi connectivity index (χ4v) is 2.05. The molecule has 0 aromatic carbocycles. The summed E-state index contributed by atoms with van der Waals surface area (Å²) >= 11 is 0. The molecule has 0 bridgehead atoms. The highest BCUT2D eigenvalue weighted by molar-refractivity contribution is 5.96. The maximum absolute atomic E-state index is 9.17. The van der Waals surface area contributed by atoms with Gasteiger partial charge in [-0.1, -0.05) is 32.1 Å². The summed E-state index contributed by atoms with van der Waals surface area (Å²) in [6.45, 7) is 13.8. The summed E-state index contributed by atoms with van der Waals surface area (Å²) in [5, 5.41) is 3.39. The average molecular weight is 357 g/mol. The molecule has 5 nitrogen and oxygen atoms in total. The van der Waals surface area contributed by atoms with Crippen LogP contribution in [0.5, 0.6) is 0 Å². The predicted molar refractivity (Wildman–Crippen MR) is 112 cm³/mol. The second-order valence-electron chi connectivity index (χ2n) is 5.45. The van der Waals surface area contributed by atoms with Gasteiger partial charge in [0.15, 0.2) is 5.82 Å². The van der Waals surface area contributed by atoms with Gasteiger partial charge in [-0.05, 0) is 47.1 Å². The van der Waals surface area contributed by atoms with Crippen LogP contribution in [0, 0.1) is 6.92 Å². The number of nitrogens with zero attached hydrogens (tertiary/aromatic N) is 3. The molecule has 1 N–H and O–H groups in total. The van der Waals surface area contributed by atoms with Crippen molar-refractivity contribution in [3.05, 3.63) is 53.3 Å². The quantitative estimate of drug-likeness (QED) is 0.415. The third-order valence-electron chi connectivity index (χ3n) is 3.39. The van der Waals surface area contributed by atoms with Crippen molar-refractivity contribution in [3.8, 4) is 0 Å². The highest BCUT2D eigenvalue weighted by atomic mass is 16.1. The first-order valence-corrected chi connectivity index (χ1v) is 9.01. The van der Waals surface area contributed by atoms with E-state index in [0.717, 1.165) is 41.2 Å². The van der Waals surface area contributed by atoms with Crippen LogP contribution in [0.4, 0.5) is 5.82 Å². The van der Waals surface area contributed by atoms with E-state index < -0.39 is 0 Å². The standard InChI is InChI=1S/C18H26N4.C3H6O/c1-7-11-15(9-3)21-18-16(10-4)13(5)20-17(22-18)14(6)19-12-8-2;1-2-3-4/h7-9,11-12H,10H2,1-6H3,(H,20,21,22);3H,2H2,1H3/b11-7-,12-8-,15-9+,19-14?;. The Morgan fingerprint density at radius 1 is 1.15 bits per heavy atom. The van der Waals surface area contributed by atoms with E-state index in [2.05, 4.69) is 27.2 Å². The van der Waals surface area contributed by atoms with Crippen molar-refractivity contribution in [3.63, 3.8) is 0 Å². The molecule has 26 heavy (non-hydrogen) atoms. The first kappa shape index (κ1) is 23.4. The molecule has 5 heteroatoms. The van der Waals surface area contributed by atoms with Crippen molar-refractivity contribution in [1.82, 2.24) is 9.97 Å². The number of aliphatic imine (C=N–C) groups is 1. The van der Waals surface area contributed by atoms with Crippen LogP contribution in [0.15, 0.2) is 41.2 Å².